The molecule has 126 valence electrons. The fourth-order valence-electron chi connectivity index (χ4n) is 2.01. The quantitative estimate of drug-likeness (QED) is 0.743. The summed E-state index contributed by atoms with van der Waals surface area (Å²) in [4.78, 5) is 20.0. The van der Waals surface area contributed by atoms with Crippen LogP contribution in [0, 0.1) is 5.82 Å². The van der Waals surface area contributed by atoms with Gasteiger partial charge in [-0.3, -0.25) is 4.98 Å². The SMILES string of the molecule is O=C(NCc1ccccn1)Nc1ccc(Oc2cccc(F)c2)nc1. The summed E-state index contributed by atoms with van der Waals surface area (Å²) >= 11 is 0. The molecule has 6 nitrogen and oxygen atoms in total. The Kier molecular flexibility index (Phi) is 5.16. The molecule has 2 amide bonds. The second kappa shape index (κ2) is 7.87. The van der Waals surface area contributed by atoms with E-state index in [0.717, 1.165) is 5.69 Å². The number of nitrogens with one attached hydrogen (secondary N) is 2. The minimum Gasteiger partial charge on any atom is -0.439 e. The van der Waals surface area contributed by atoms with Gasteiger partial charge in [-0.15, -0.1) is 0 Å². The Morgan fingerprint density at radius 1 is 1.08 bits per heavy atom. The molecule has 0 radical (unpaired) electrons. The average molecular weight is 338 g/mol. The van der Waals surface area contributed by atoms with E-state index in [9.17, 15) is 9.18 Å². The first-order valence-corrected chi connectivity index (χ1v) is 7.53. The molecule has 0 aliphatic heterocycles. The summed E-state index contributed by atoms with van der Waals surface area (Å²) < 4.78 is 18.6. The second-order valence-corrected chi connectivity index (χ2v) is 5.07. The number of ether oxygens (including phenoxy) is 1. The number of urea groups is 1. The minimum absolute atomic E-state index is 0.296. The Balaban J connectivity index is 1.52. The number of carbonyl (C=O) groups excluding carboxylic acids is 1. The smallest absolute Gasteiger partial charge is 0.319 e. The highest BCUT2D eigenvalue weighted by Crippen LogP contribution is 2.20. The number of pyridine rings is 2. The van der Waals surface area contributed by atoms with Gasteiger partial charge in [-0.05, 0) is 30.3 Å². The molecule has 2 aromatic heterocycles. The Morgan fingerprint density at radius 3 is 2.72 bits per heavy atom. The number of nitrogens with zero attached hydrogens (tertiary/aromatic N) is 2. The Morgan fingerprint density at radius 2 is 2.00 bits per heavy atom. The lowest BCUT2D eigenvalue weighted by Gasteiger charge is -2.08. The van der Waals surface area contributed by atoms with Crippen LogP contribution in [0.25, 0.3) is 0 Å². The lowest BCUT2D eigenvalue weighted by molar-refractivity contribution is 0.251. The van der Waals surface area contributed by atoms with Gasteiger partial charge >= 0.3 is 6.03 Å². The number of aromatic nitrogens is 2. The van der Waals surface area contributed by atoms with Crippen LogP contribution in [0.3, 0.4) is 0 Å². The third-order valence-electron chi connectivity index (χ3n) is 3.17. The van der Waals surface area contributed by atoms with E-state index in [2.05, 4.69) is 20.6 Å². The van der Waals surface area contributed by atoms with Crippen LogP contribution in [0.4, 0.5) is 14.9 Å². The van der Waals surface area contributed by atoms with E-state index in [4.69, 9.17) is 4.74 Å². The van der Waals surface area contributed by atoms with Crippen molar-refractivity contribution in [3.63, 3.8) is 0 Å². The number of halogens is 1. The monoisotopic (exact) mass is 338 g/mol. The van der Waals surface area contributed by atoms with Gasteiger partial charge in [-0.25, -0.2) is 14.2 Å². The molecule has 0 aliphatic carbocycles. The summed E-state index contributed by atoms with van der Waals surface area (Å²) in [5.74, 6) is 0.256. The molecule has 0 unspecified atom stereocenters. The van der Waals surface area contributed by atoms with Crippen LogP contribution < -0.4 is 15.4 Å². The molecule has 0 saturated heterocycles. The van der Waals surface area contributed by atoms with Crippen LogP contribution in [0.2, 0.25) is 0 Å². The minimum atomic E-state index is -0.389. The van der Waals surface area contributed by atoms with Gasteiger partial charge in [0.2, 0.25) is 5.88 Å². The largest absolute Gasteiger partial charge is 0.439 e. The van der Waals surface area contributed by atoms with Crippen molar-refractivity contribution in [3.05, 3.63) is 78.5 Å². The Bertz CT molecular complexity index is 841. The number of hydrogen-bond acceptors (Lipinski definition) is 4. The highest BCUT2D eigenvalue weighted by atomic mass is 19.1. The van der Waals surface area contributed by atoms with Crippen LogP contribution in [-0.4, -0.2) is 16.0 Å². The van der Waals surface area contributed by atoms with Crippen molar-refractivity contribution in [2.45, 2.75) is 6.54 Å². The fourth-order valence-corrected chi connectivity index (χ4v) is 2.01. The van der Waals surface area contributed by atoms with Crippen molar-refractivity contribution < 1.29 is 13.9 Å². The first-order valence-electron chi connectivity index (χ1n) is 7.53. The van der Waals surface area contributed by atoms with Crippen molar-refractivity contribution in [2.75, 3.05) is 5.32 Å². The van der Waals surface area contributed by atoms with Crippen LogP contribution in [-0.2, 0) is 6.54 Å². The van der Waals surface area contributed by atoms with Gasteiger partial charge in [0.15, 0.2) is 0 Å². The van der Waals surface area contributed by atoms with Gasteiger partial charge in [0.05, 0.1) is 24.1 Å². The van der Waals surface area contributed by atoms with E-state index in [1.165, 1.54) is 18.3 Å². The van der Waals surface area contributed by atoms with Crippen LogP contribution in [0.1, 0.15) is 5.69 Å². The van der Waals surface area contributed by atoms with Crippen LogP contribution in [0.15, 0.2) is 67.0 Å². The lowest BCUT2D eigenvalue weighted by Crippen LogP contribution is -2.28. The maximum Gasteiger partial charge on any atom is 0.319 e. The third-order valence-corrected chi connectivity index (χ3v) is 3.17. The summed E-state index contributed by atoms with van der Waals surface area (Å²) in [6.07, 6.45) is 3.12. The second-order valence-electron chi connectivity index (χ2n) is 5.07. The summed E-state index contributed by atoms with van der Waals surface area (Å²) in [6.45, 7) is 0.320. The van der Waals surface area contributed by atoms with Crippen molar-refractivity contribution >= 4 is 11.7 Å². The summed E-state index contributed by atoms with van der Waals surface area (Å²) in [5, 5.41) is 5.35. The third kappa shape index (κ3) is 5.00. The van der Waals surface area contributed by atoms with E-state index in [-0.39, 0.29) is 11.8 Å². The highest BCUT2D eigenvalue weighted by Gasteiger charge is 2.04. The zero-order chi connectivity index (χ0) is 17.5. The zero-order valence-electron chi connectivity index (χ0n) is 13.1. The number of anilines is 1. The van der Waals surface area contributed by atoms with Crippen molar-refractivity contribution in [1.82, 2.24) is 15.3 Å². The molecular formula is C18H15FN4O2. The Labute approximate surface area is 143 Å². The van der Waals surface area contributed by atoms with E-state index in [0.29, 0.717) is 23.9 Å². The maximum absolute atomic E-state index is 13.1. The molecule has 0 saturated carbocycles. The first-order chi connectivity index (χ1) is 12.2. The molecule has 3 aromatic rings. The average Bonchev–Trinajstić information content (AvgIpc) is 2.63. The van der Waals surface area contributed by atoms with Gasteiger partial charge in [0, 0.05) is 18.3 Å². The molecule has 2 heterocycles. The molecule has 0 fully saturated rings. The highest BCUT2D eigenvalue weighted by molar-refractivity contribution is 5.88. The van der Waals surface area contributed by atoms with Crippen molar-refractivity contribution in [2.24, 2.45) is 0 Å². The fraction of sp³-hybridized carbons (Fsp3) is 0.0556. The number of hydrogen-bond donors (Lipinski definition) is 2. The van der Waals surface area contributed by atoms with Crippen molar-refractivity contribution in [1.29, 1.82) is 0 Å². The molecule has 0 spiro atoms. The normalized spacial score (nSPS) is 10.1. The predicted octanol–water partition coefficient (Wildman–Crippen LogP) is 3.73. The summed E-state index contributed by atoms with van der Waals surface area (Å²) in [5.41, 5.74) is 1.26. The molecule has 25 heavy (non-hydrogen) atoms. The molecule has 0 bridgehead atoms. The van der Waals surface area contributed by atoms with Gasteiger partial charge < -0.3 is 15.4 Å². The molecule has 0 atom stereocenters. The van der Waals surface area contributed by atoms with Gasteiger partial charge in [-0.1, -0.05) is 12.1 Å². The molecule has 1 aromatic carbocycles. The summed E-state index contributed by atoms with van der Waals surface area (Å²) in [6, 6.07) is 14.1. The molecular weight excluding hydrogens is 323 g/mol. The molecule has 2 N–H and O–H groups in total. The predicted molar refractivity (Wildman–Crippen MR) is 90.8 cm³/mol. The number of benzene rings is 1. The van der Waals surface area contributed by atoms with Gasteiger partial charge in [-0.2, -0.15) is 0 Å². The molecule has 3 rings (SSSR count). The molecule has 0 aliphatic rings. The number of amides is 2. The van der Waals surface area contributed by atoms with E-state index < -0.39 is 0 Å². The first kappa shape index (κ1) is 16.4. The zero-order valence-corrected chi connectivity index (χ0v) is 13.1. The van der Waals surface area contributed by atoms with Crippen molar-refractivity contribution in [3.8, 4) is 11.6 Å². The lowest BCUT2D eigenvalue weighted by atomic mass is 10.3. The van der Waals surface area contributed by atoms with E-state index >= 15 is 0 Å². The standard InChI is InChI=1S/C18H15FN4O2/c19-13-4-3-6-16(10-13)25-17-8-7-15(12-21-17)23-18(24)22-11-14-5-1-2-9-20-14/h1-10,12H,11H2,(H2,22,23,24). The van der Waals surface area contributed by atoms with Gasteiger partial charge in [0.1, 0.15) is 11.6 Å². The Hall–Kier alpha value is -3.48. The van der Waals surface area contributed by atoms with E-state index in [1.807, 2.05) is 18.2 Å². The summed E-state index contributed by atoms with van der Waals surface area (Å²) in [7, 11) is 0. The number of rotatable bonds is 5. The van der Waals surface area contributed by atoms with Crippen LogP contribution in [0.5, 0.6) is 11.6 Å². The topological polar surface area (TPSA) is 76.1 Å². The number of carbonyl (C=O) groups is 1. The van der Waals surface area contributed by atoms with Gasteiger partial charge in [0.25, 0.3) is 0 Å². The molecule has 7 heteroatoms. The van der Waals surface area contributed by atoms with Crippen LogP contribution >= 0.6 is 0 Å². The van der Waals surface area contributed by atoms with E-state index in [1.54, 1.807) is 30.5 Å². The maximum atomic E-state index is 13.1.